The van der Waals surface area contributed by atoms with Crippen LogP contribution in [-0.2, 0) is 0 Å². The number of piperidine rings is 1. The molecule has 15 heavy (non-hydrogen) atoms. The van der Waals surface area contributed by atoms with E-state index in [-0.39, 0.29) is 5.82 Å². The third-order valence-electron chi connectivity index (χ3n) is 3.23. The van der Waals surface area contributed by atoms with E-state index in [2.05, 4.69) is 11.4 Å². The van der Waals surface area contributed by atoms with Crippen molar-refractivity contribution in [2.24, 2.45) is 0 Å². The Labute approximate surface area is 90.7 Å². The lowest BCUT2D eigenvalue weighted by Crippen LogP contribution is -2.27. The Balaban J connectivity index is 2.33. The van der Waals surface area contributed by atoms with Crippen LogP contribution in [0.1, 0.15) is 35.4 Å². The van der Waals surface area contributed by atoms with E-state index in [0.717, 1.165) is 42.6 Å². The summed E-state index contributed by atoms with van der Waals surface area (Å²) in [5.74, 6) is 0.395. The maximum Gasteiger partial charge on any atom is 0.127 e. The first-order valence-corrected chi connectivity index (χ1v) is 5.66. The SMILES string of the molecule is Cc1cc(C)c(C2CCNCC2)c(F)c1. The minimum Gasteiger partial charge on any atom is -0.317 e. The van der Waals surface area contributed by atoms with E-state index in [1.807, 2.05) is 13.8 Å². The molecular weight excluding hydrogens is 189 g/mol. The van der Waals surface area contributed by atoms with Crippen molar-refractivity contribution in [1.82, 2.24) is 5.32 Å². The van der Waals surface area contributed by atoms with Gasteiger partial charge in [-0.15, -0.1) is 0 Å². The smallest absolute Gasteiger partial charge is 0.127 e. The van der Waals surface area contributed by atoms with Crippen LogP contribution in [0.4, 0.5) is 4.39 Å². The predicted molar refractivity (Wildman–Crippen MR) is 60.7 cm³/mol. The van der Waals surface area contributed by atoms with Gasteiger partial charge in [-0.3, -0.25) is 0 Å². The molecule has 82 valence electrons. The number of hydrogen-bond acceptors (Lipinski definition) is 1. The number of benzene rings is 1. The highest BCUT2D eigenvalue weighted by Gasteiger charge is 2.20. The van der Waals surface area contributed by atoms with Crippen LogP contribution >= 0.6 is 0 Å². The minimum absolute atomic E-state index is 0.0144. The molecule has 1 aliphatic heterocycles. The molecule has 1 heterocycles. The van der Waals surface area contributed by atoms with Crippen molar-refractivity contribution in [2.45, 2.75) is 32.6 Å². The van der Waals surface area contributed by atoms with Gasteiger partial charge in [-0.1, -0.05) is 6.07 Å². The van der Waals surface area contributed by atoms with Crippen LogP contribution in [0.3, 0.4) is 0 Å². The first-order valence-electron chi connectivity index (χ1n) is 5.66. The van der Waals surface area contributed by atoms with E-state index in [4.69, 9.17) is 0 Å². The molecule has 0 aliphatic carbocycles. The molecule has 0 unspecified atom stereocenters. The molecule has 0 atom stereocenters. The lowest BCUT2D eigenvalue weighted by Gasteiger charge is -2.25. The summed E-state index contributed by atoms with van der Waals surface area (Å²) < 4.78 is 13.9. The largest absolute Gasteiger partial charge is 0.317 e. The van der Waals surface area contributed by atoms with E-state index in [1.54, 1.807) is 6.07 Å². The average molecular weight is 207 g/mol. The molecule has 1 aromatic rings. The third-order valence-corrected chi connectivity index (χ3v) is 3.23. The predicted octanol–water partition coefficient (Wildman–Crippen LogP) is 2.91. The third kappa shape index (κ3) is 2.20. The van der Waals surface area contributed by atoms with Crippen LogP contribution in [-0.4, -0.2) is 13.1 Å². The van der Waals surface area contributed by atoms with Crippen LogP contribution in [0.25, 0.3) is 0 Å². The number of nitrogens with one attached hydrogen (secondary N) is 1. The zero-order valence-corrected chi connectivity index (χ0v) is 9.44. The van der Waals surface area contributed by atoms with E-state index in [9.17, 15) is 4.39 Å². The Morgan fingerprint density at radius 1 is 1.20 bits per heavy atom. The first-order chi connectivity index (χ1) is 7.18. The van der Waals surface area contributed by atoms with Crippen molar-refractivity contribution in [2.75, 3.05) is 13.1 Å². The highest BCUT2D eigenvalue weighted by Crippen LogP contribution is 2.30. The molecule has 0 radical (unpaired) electrons. The Morgan fingerprint density at radius 3 is 2.47 bits per heavy atom. The summed E-state index contributed by atoms with van der Waals surface area (Å²) in [6.45, 7) is 5.99. The van der Waals surface area contributed by atoms with Gasteiger partial charge < -0.3 is 5.32 Å². The molecule has 2 rings (SSSR count). The standard InChI is InChI=1S/C13H18FN/c1-9-7-10(2)13(12(14)8-9)11-3-5-15-6-4-11/h7-8,11,15H,3-6H2,1-2H3. The van der Waals surface area contributed by atoms with Crippen molar-refractivity contribution in [1.29, 1.82) is 0 Å². The summed E-state index contributed by atoms with van der Waals surface area (Å²) in [4.78, 5) is 0. The van der Waals surface area contributed by atoms with Gasteiger partial charge in [0.2, 0.25) is 0 Å². The fourth-order valence-electron chi connectivity index (χ4n) is 2.55. The Bertz CT molecular complexity index is 331. The Hall–Kier alpha value is -0.890. The van der Waals surface area contributed by atoms with Gasteiger partial charge in [-0.05, 0) is 68.5 Å². The fraction of sp³-hybridized carbons (Fsp3) is 0.538. The van der Waals surface area contributed by atoms with Gasteiger partial charge in [0, 0.05) is 0 Å². The molecule has 1 nitrogen and oxygen atoms in total. The normalized spacial score (nSPS) is 18.1. The maximum absolute atomic E-state index is 13.9. The second-order valence-corrected chi connectivity index (χ2v) is 4.50. The fourth-order valence-corrected chi connectivity index (χ4v) is 2.55. The monoisotopic (exact) mass is 207 g/mol. The summed E-state index contributed by atoms with van der Waals surface area (Å²) in [6.07, 6.45) is 2.11. The van der Waals surface area contributed by atoms with Gasteiger partial charge in [0.15, 0.2) is 0 Å². The topological polar surface area (TPSA) is 12.0 Å². The second kappa shape index (κ2) is 4.31. The molecular formula is C13H18FN. The van der Waals surface area contributed by atoms with Gasteiger partial charge in [-0.2, -0.15) is 0 Å². The zero-order valence-electron chi connectivity index (χ0n) is 9.44. The van der Waals surface area contributed by atoms with Gasteiger partial charge in [0.1, 0.15) is 5.82 Å². The van der Waals surface area contributed by atoms with Crippen LogP contribution in [0.5, 0.6) is 0 Å². The van der Waals surface area contributed by atoms with E-state index in [0.29, 0.717) is 5.92 Å². The molecule has 1 N–H and O–H groups in total. The van der Waals surface area contributed by atoms with Crippen molar-refractivity contribution in [3.05, 3.63) is 34.6 Å². The zero-order chi connectivity index (χ0) is 10.8. The highest BCUT2D eigenvalue weighted by molar-refractivity contribution is 5.34. The lowest BCUT2D eigenvalue weighted by molar-refractivity contribution is 0.443. The molecule has 1 aliphatic rings. The number of halogens is 1. The Kier molecular flexibility index (Phi) is 3.06. The molecule has 1 saturated heterocycles. The van der Waals surface area contributed by atoms with Gasteiger partial charge in [-0.25, -0.2) is 4.39 Å². The van der Waals surface area contributed by atoms with Crippen molar-refractivity contribution in [3.63, 3.8) is 0 Å². The maximum atomic E-state index is 13.9. The average Bonchev–Trinajstić information content (AvgIpc) is 2.17. The summed E-state index contributed by atoms with van der Waals surface area (Å²) in [5.41, 5.74) is 3.07. The van der Waals surface area contributed by atoms with Gasteiger partial charge >= 0.3 is 0 Å². The highest BCUT2D eigenvalue weighted by atomic mass is 19.1. The Morgan fingerprint density at radius 2 is 1.87 bits per heavy atom. The van der Waals surface area contributed by atoms with E-state index >= 15 is 0 Å². The molecule has 0 saturated carbocycles. The van der Waals surface area contributed by atoms with Crippen molar-refractivity contribution < 1.29 is 4.39 Å². The summed E-state index contributed by atoms with van der Waals surface area (Å²) in [7, 11) is 0. The van der Waals surface area contributed by atoms with Crippen LogP contribution in [0.2, 0.25) is 0 Å². The lowest BCUT2D eigenvalue weighted by atomic mass is 9.86. The van der Waals surface area contributed by atoms with Gasteiger partial charge in [0.25, 0.3) is 0 Å². The van der Waals surface area contributed by atoms with Crippen molar-refractivity contribution >= 4 is 0 Å². The van der Waals surface area contributed by atoms with E-state index in [1.165, 1.54) is 0 Å². The molecule has 0 aromatic heterocycles. The van der Waals surface area contributed by atoms with E-state index < -0.39 is 0 Å². The van der Waals surface area contributed by atoms with Crippen molar-refractivity contribution in [3.8, 4) is 0 Å². The summed E-state index contributed by atoms with van der Waals surface area (Å²) >= 11 is 0. The molecule has 0 amide bonds. The minimum atomic E-state index is -0.0144. The summed E-state index contributed by atoms with van der Waals surface area (Å²) in [6, 6.07) is 3.74. The molecule has 1 aromatic carbocycles. The van der Waals surface area contributed by atoms with Crippen LogP contribution in [0, 0.1) is 19.7 Å². The van der Waals surface area contributed by atoms with Crippen LogP contribution < -0.4 is 5.32 Å². The summed E-state index contributed by atoms with van der Waals surface area (Å²) in [5, 5.41) is 3.31. The van der Waals surface area contributed by atoms with Crippen LogP contribution in [0.15, 0.2) is 12.1 Å². The van der Waals surface area contributed by atoms with Gasteiger partial charge in [0.05, 0.1) is 0 Å². The number of rotatable bonds is 1. The molecule has 0 bridgehead atoms. The molecule has 2 heteroatoms. The molecule has 0 spiro atoms. The first kappa shape index (κ1) is 10.6. The number of hydrogen-bond donors (Lipinski definition) is 1. The second-order valence-electron chi connectivity index (χ2n) is 4.50. The molecule has 1 fully saturated rings. The number of aryl methyl sites for hydroxylation is 2. The quantitative estimate of drug-likeness (QED) is 0.746.